The monoisotopic (exact) mass is 240 g/mol. The highest BCUT2D eigenvalue weighted by Crippen LogP contribution is 1.97. The zero-order valence-electron chi connectivity index (χ0n) is 8.38. The minimum absolute atomic E-state index is 0.162. The second-order valence-electron chi connectivity index (χ2n) is 2.96. The van der Waals surface area contributed by atoms with Crippen molar-refractivity contribution >= 4 is 24.4 Å². The van der Waals surface area contributed by atoms with Gasteiger partial charge in [0, 0.05) is 18.1 Å². The molecule has 0 aliphatic heterocycles. The highest BCUT2D eigenvalue weighted by Gasteiger charge is 2.18. The van der Waals surface area contributed by atoms with Gasteiger partial charge in [-0.2, -0.15) is 12.6 Å². The van der Waals surface area contributed by atoms with Crippen molar-refractivity contribution in [1.29, 1.82) is 0 Å². The third kappa shape index (κ3) is 3.21. The topological polar surface area (TPSA) is 97.1 Å². The van der Waals surface area contributed by atoms with Gasteiger partial charge in [-0.3, -0.25) is 20.0 Å². The molecule has 2 amide bonds. The summed E-state index contributed by atoms with van der Waals surface area (Å²) in [6.45, 7) is 0. The van der Waals surface area contributed by atoms with Crippen molar-refractivity contribution in [3.63, 3.8) is 0 Å². The lowest BCUT2D eigenvalue weighted by atomic mass is 10.2. The molecule has 6 nitrogen and oxygen atoms in total. The number of pyridine rings is 1. The summed E-state index contributed by atoms with van der Waals surface area (Å²) in [5.41, 5.74) is 2.33. The van der Waals surface area contributed by atoms with Gasteiger partial charge in [-0.1, -0.05) is 0 Å². The van der Waals surface area contributed by atoms with Crippen LogP contribution in [0.2, 0.25) is 0 Å². The summed E-state index contributed by atoms with van der Waals surface area (Å²) >= 11 is 3.95. The normalized spacial score (nSPS) is 11.6. The number of hydrogen-bond donors (Lipinski definition) is 4. The fraction of sp³-hybridized carbons (Fsp3) is 0.222. The molecular formula is C9H12N4O2S. The quantitative estimate of drug-likeness (QED) is 0.237. The molecular weight excluding hydrogens is 228 g/mol. The van der Waals surface area contributed by atoms with Crippen LogP contribution in [0.5, 0.6) is 0 Å². The van der Waals surface area contributed by atoms with E-state index in [2.05, 4.69) is 22.9 Å². The molecule has 0 radical (unpaired) electrons. The third-order valence-corrected chi connectivity index (χ3v) is 2.24. The van der Waals surface area contributed by atoms with Gasteiger partial charge in [0.1, 0.15) is 6.04 Å². The molecule has 0 fully saturated rings. The van der Waals surface area contributed by atoms with Crippen LogP contribution in [-0.2, 0) is 4.79 Å². The van der Waals surface area contributed by atoms with E-state index < -0.39 is 17.9 Å². The van der Waals surface area contributed by atoms with Crippen LogP contribution in [0.3, 0.4) is 0 Å². The predicted molar refractivity (Wildman–Crippen MR) is 61.7 cm³/mol. The van der Waals surface area contributed by atoms with Crippen LogP contribution in [-0.4, -0.2) is 28.6 Å². The highest BCUT2D eigenvalue weighted by molar-refractivity contribution is 7.80. The Hall–Kier alpha value is -1.60. The molecule has 0 aliphatic rings. The SMILES string of the molecule is NNC(=O)C(CS)NC(=O)c1cccnc1. The number of rotatable bonds is 4. The first kappa shape index (κ1) is 12.5. The summed E-state index contributed by atoms with van der Waals surface area (Å²) in [4.78, 5) is 26.6. The van der Waals surface area contributed by atoms with Gasteiger partial charge in [0.15, 0.2) is 0 Å². The van der Waals surface area contributed by atoms with Crippen molar-refractivity contribution in [2.24, 2.45) is 5.84 Å². The summed E-state index contributed by atoms with van der Waals surface area (Å²) in [5, 5.41) is 2.49. The molecule has 16 heavy (non-hydrogen) atoms. The van der Waals surface area contributed by atoms with Crippen LogP contribution in [0, 0.1) is 0 Å². The number of hydrogen-bond acceptors (Lipinski definition) is 5. The molecule has 1 heterocycles. The molecule has 0 bridgehead atoms. The van der Waals surface area contributed by atoms with Crippen molar-refractivity contribution in [3.8, 4) is 0 Å². The minimum Gasteiger partial charge on any atom is -0.339 e. The third-order valence-electron chi connectivity index (χ3n) is 1.87. The Morgan fingerprint density at radius 2 is 2.31 bits per heavy atom. The molecule has 0 aliphatic carbocycles. The summed E-state index contributed by atoms with van der Waals surface area (Å²) in [7, 11) is 0. The van der Waals surface area contributed by atoms with Crippen LogP contribution in [0.1, 0.15) is 10.4 Å². The van der Waals surface area contributed by atoms with E-state index in [1.165, 1.54) is 6.20 Å². The molecule has 1 unspecified atom stereocenters. The lowest BCUT2D eigenvalue weighted by molar-refractivity contribution is -0.122. The summed E-state index contributed by atoms with van der Waals surface area (Å²) in [6, 6.07) is 2.47. The van der Waals surface area contributed by atoms with Crippen molar-refractivity contribution in [2.45, 2.75) is 6.04 Å². The van der Waals surface area contributed by atoms with Crippen molar-refractivity contribution < 1.29 is 9.59 Å². The lowest BCUT2D eigenvalue weighted by Crippen LogP contribution is -2.50. The van der Waals surface area contributed by atoms with E-state index in [1.807, 2.05) is 5.43 Å². The van der Waals surface area contributed by atoms with Crippen molar-refractivity contribution in [3.05, 3.63) is 30.1 Å². The molecule has 1 aromatic heterocycles. The number of carbonyl (C=O) groups is 2. The van der Waals surface area contributed by atoms with Gasteiger partial charge in [0.2, 0.25) is 0 Å². The maximum Gasteiger partial charge on any atom is 0.257 e. The Balaban J connectivity index is 2.66. The second kappa shape index (κ2) is 6.09. The summed E-state index contributed by atoms with van der Waals surface area (Å²) in [5.74, 6) is 4.24. The van der Waals surface area contributed by atoms with Gasteiger partial charge >= 0.3 is 0 Å². The zero-order valence-corrected chi connectivity index (χ0v) is 9.28. The van der Waals surface area contributed by atoms with Gasteiger partial charge in [-0.15, -0.1) is 0 Å². The predicted octanol–water partition coefficient (Wildman–Crippen LogP) is -0.900. The smallest absolute Gasteiger partial charge is 0.257 e. The highest BCUT2D eigenvalue weighted by atomic mass is 32.1. The van der Waals surface area contributed by atoms with E-state index in [9.17, 15) is 9.59 Å². The maximum atomic E-state index is 11.6. The van der Waals surface area contributed by atoms with Gasteiger partial charge in [0.25, 0.3) is 11.8 Å². The lowest BCUT2D eigenvalue weighted by Gasteiger charge is -2.14. The van der Waals surface area contributed by atoms with E-state index >= 15 is 0 Å². The number of nitrogens with zero attached hydrogens (tertiary/aromatic N) is 1. The van der Waals surface area contributed by atoms with E-state index in [1.54, 1.807) is 18.3 Å². The van der Waals surface area contributed by atoms with Gasteiger partial charge in [-0.25, -0.2) is 5.84 Å². The van der Waals surface area contributed by atoms with Gasteiger partial charge < -0.3 is 5.32 Å². The molecule has 1 rings (SSSR count). The molecule has 0 saturated heterocycles. The molecule has 86 valence electrons. The van der Waals surface area contributed by atoms with E-state index in [4.69, 9.17) is 5.84 Å². The van der Waals surface area contributed by atoms with E-state index in [0.29, 0.717) is 5.56 Å². The average molecular weight is 240 g/mol. The standard InChI is InChI=1S/C9H12N4O2S/c10-13-9(15)7(5-16)12-8(14)6-2-1-3-11-4-6/h1-4,7,16H,5,10H2,(H,12,14)(H,13,15). The minimum atomic E-state index is -0.763. The van der Waals surface area contributed by atoms with Crippen LogP contribution in [0.25, 0.3) is 0 Å². The Bertz CT molecular complexity index is 371. The van der Waals surface area contributed by atoms with E-state index in [-0.39, 0.29) is 5.75 Å². The Morgan fingerprint density at radius 3 is 2.81 bits per heavy atom. The Morgan fingerprint density at radius 1 is 1.56 bits per heavy atom. The average Bonchev–Trinajstić information content (AvgIpc) is 2.35. The zero-order chi connectivity index (χ0) is 12.0. The number of nitrogens with one attached hydrogen (secondary N) is 2. The van der Waals surface area contributed by atoms with Gasteiger partial charge in [0.05, 0.1) is 5.56 Å². The molecule has 1 atom stereocenters. The number of thiol groups is 1. The number of nitrogens with two attached hydrogens (primary N) is 1. The summed E-state index contributed by atoms with van der Waals surface area (Å²) in [6.07, 6.45) is 2.96. The largest absolute Gasteiger partial charge is 0.339 e. The Labute approximate surface area is 98.0 Å². The summed E-state index contributed by atoms with van der Waals surface area (Å²) < 4.78 is 0. The first-order valence-corrected chi connectivity index (χ1v) is 5.14. The van der Waals surface area contributed by atoms with Crippen LogP contribution in [0.15, 0.2) is 24.5 Å². The van der Waals surface area contributed by atoms with Crippen LogP contribution in [0.4, 0.5) is 0 Å². The second-order valence-corrected chi connectivity index (χ2v) is 3.32. The Kier molecular flexibility index (Phi) is 4.74. The molecule has 7 heteroatoms. The van der Waals surface area contributed by atoms with Crippen LogP contribution < -0.4 is 16.6 Å². The molecule has 0 saturated carbocycles. The maximum absolute atomic E-state index is 11.6. The molecule has 0 spiro atoms. The fourth-order valence-electron chi connectivity index (χ4n) is 1.03. The molecule has 1 aromatic rings. The first-order chi connectivity index (χ1) is 7.69. The number of amides is 2. The number of carbonyl (C=O) groups excluding carboxylic acids is 2. The number of hydrazine groups is 1. The van der Waals surface area contributed by atoms with Crippen molar-refractivity contribution in [1.82, 2.24) is 15.7 Å². The molecule has 4 N–H and O–H groups in total. The molecule has 0 aromatic carbocycles. The number of aromatic nitrogens is 1. The van der Waals surface area contributed by atoms with Gasteiger partial charge in [-0.05, 0) is 12.1 Å². The first-order valence-electron chi connectivity index (χ1n) is 4.51. The van der Waals surface area contributed by atoms with Crippen molar-refractivity contribution in [2.75, 3.05) is 5.75 Å². The van der Waals surface area contributed by atoms with Crippen LogP contribution >= 0.6 is 12.6 Å². The fourth-order valence-corrected chi connectivity index (χ4v) is 1.29. The van der Waals surface area contributed by atoms with E-state index in [0.717, 1.165) is 0 Å².